The summed E-state index contributed by atoms with van der Waals surface area (Å²) in [6, 6.07) is 3.89. The third kappa shape index (κ3) is 6.00. The Kier molecular flexibility index (Phi) is 7.16. The van der Waals surface area contributed by atoms with Crippen molar-refractivity contribution in [1.82, 2.24) is 15.3 Å². The van der Waals surface area contributed by atoms with Gasteiger partial charge < -0.3 is 10.1 Å². The van der Waals surface area contributed by atoms with Gasteiger partial charge in [0.1, 0.15) is 0 Å². The number of hydrogen-bond donors (Lipinski definition) is 1. The van der Waals surface area contributed by atoms with Crippen LogP contribution in [0, 0.1) is 5.92 Å². The van der Waals surface area contributed by atoms with Crippen molar-refractivity contribution < 1.29 is 9.53 Å². The van der Waals surface area contributed by atoms with Crippen molar-refractivity contribution >= 4 is 16.8 Å². The van der Waals surface area contributed by atoms with Crippen molar-refractivity contribution in [2.75, 3.05) is 7.11 Å². The van der Waals surface area contributed by atoms with E-state index in [9.17, 15) is 4.79 Å². The van der Waals surface area contributed by atoms with Gasteiger partial charge in [-0.05, 0) is 24.8 Å². The van der Waals surface area contributed by atoms with Crippen LogP contribution in [0.4, 0.5) is 0 Å². The summed E-state index contributed by atoms with van der Waals surface area (Å²) in [4.78, 5) is 20.8. The normalized spacial score (nSPS) is 14.8. The van der Waals surface area contributed by atoms with Gasteiger partial charge in [0, 0.05) is 29.9 Å². The molecule has 0 unspecified atom stereocenters. The smallest absolute Gasteiger partial charge is 0.253 e. The Morgan fingerprint density at radius 3 is 2.44 bits per heavy atom. The second-order valence-electron chi connectivity index (χ2n) is 7.18. The lowest BCUT2D eigenvalue weighted by Crippen LogP contribution is -2.36. The lowest BCUT2D eigenvalue weighted by molar-refractivity contribution is 0.0927. The second kappa shape index (κ2) is 9.35. The number of fused-ring (bicyclic) bond motifs is 1. The molecule has 1 aliphatic rings. The number of ether oxygens (including phenoxy) is 1. The van der Waals surface area contributed by atoms with Gasteiger partial charge in [0.2, 0.25) is 5.88 Å². The molecule has 3 rings (SSSR count). The molecule has 136 valence electrons. The van der Waals surface area contributed by atoms with Crippen molar-refractivity contribution in [3.8, 4) is 5.88 Å². The Balaban J connectivity index is 0.000000511. The second-order valence-corrected chi connectivity index (χ2v) is 7.18. The quantitative estimate of drug-likeness (QED) is 0.899. The van der Waals surface area contributed by atoms with Crippen molar-refractivity contribution in [3.63, 3.8) is 0 Å². The number of pyridine rings is 2. The lowest BCUT2D eigenvalue weighted by atomic mass is 9.95. The minimum absolute atomic E-state index is 0.0490. The molecule has 0 aromatic carbocycles. The van der Waals surface area contributed by atoms with E-state index in [1.165, 1.54) is 19.3 Å². The average Bonchev–Trinajstić information content (AvgIpc) is 2.61. The van der Waals surface area contributed by atoms with Crippen LogP contribution in [0.25, 0.3) is 10.9 Å². The van der Waals surface area contributed by atoms with Gasteiger partial charge in [0.25, 0.3) is 5.91 Å². The largest absolute Gasteiger partial charge is 0.481 e. The fraction of sp³-hybridized carbons (Fsp3) is 0.550. The van der Waals surface area contributed by atoms with Gasteiger partial charge in [-0.25, -0.2) is 4.98 Å². The number of amides is 1. The molecule has 25 heavy (non-hydrogen) atoms. The highest BCUT2D eigenvalue weighted by molar-refractivity contribution is 5.97. The third-order valence-electron chi connectivity index (χ3n) is 3.95. The number of aromatic nitrogens is 2. The predicted octanol–water partition coefficient (Wildman–Crippen LogP) is 4.36. The first kappa shape index (κ1) is 19.2. The highest BCUT2D eigenvalue weighted by atomic mass is 16.5. The van der Waals surface area contributed by atoms with Gasteiger partial charge in [0.15, 0.2) is 0 Å². The van der Waals surface area contributed by atoms with E-state index in [2.05, 4.69) is 36.1 Å². The molecule has 0 atom stereocenters. The van der Waals surface area contributed by atoms with E-state index in [-0.39, 0.29) is 5.91 Å². The molecule has 0 aliphatic heterocycles. The summed E-state index contributed by atoms with van der Waals surface area (Å²) in [5, 5.41) is 3.94. The summed E-state index contributed by atoms with van der Waals surface area (Å²) in [6.07, 6.45) is 9.11. The van der Waals surface area contributed by atoms with Gasteiger partial charge in [-0.2, -0.15) is 0 Å². The minimum atomic E-state index is -0.0490. The molecule has 0 spiro atoms. The lowest BCUT2D eigenvalue weighted by Gasteiger charge is -2.22. The van der Waals surface area contributed by atoms with Crippen LogP contribution in [0.1, 0.15) is 63.2 Å². The van der Waals surface area contributed by atoms with Crippen LogP contribution < -0.4 is 10.1 Å². The SMILES string of the molecule is CC(C)C.COc1cc2ncc(C(=O)NC3CCCCC3)cc2cn1. The zero-order chi connectivity index (χ0) is 18.2. The number of nitrogens with zero attached hydrogens (tertiary/aromatic N) is 2. The Labute approximate surface area is 150 Å². The van der Waals surface area contributed by atoms with Crippen LogP contribution in [0.2, 0.25) is 0 Å². The van der Waals surface area contributed by atoms with Gasteiger partial charge in [-0.1, -0.05) is 40.0 Å². The van der Waals surface area contributed by atoms with Crippen LogP contribution in [0.15, 0.2) is 24.5 Å². The first-order valence-electron chi connectivity index (χ1n) is 9.10. The standard InChI is InChI=1S/C16H19N3O2.C4H10/c1-21-15-8-14-11(9-18-15)7-12(10-17-14)16(20)19-13-5-3-2-4-6-13;1-4(2)3/h7-10,13H,2-6H2,1H3,(H,19,20);4H,1-3H3. The van der Waals surface area contributed by atoms with Crippen molar-refractivity contribution in [2.24, 2.45) is 5.92 Å². The topological polar surface area (TPSA) is 64.1 Å². The van der Waals surface area contributed by atoms with E-state index in [1.54, 1.807) is 25.6 Å². The first-order chi connectivity index (χ1) is 12.0. The van der Waals surface area contributed by atoms with E-state index in [0.717, 1.165) is 29.7 Å². The summed E-state index contributed by atoms with van der Waals surface area (Å²) in [5.41, 5.74) is 1.36. The molecule has 2 aromatic rings. The molecule has 2 aromatic heterocycles. The summed E-state index contributed by atoms with van der Waals surface area (Å²) in [5.74, 6) is 1.31. The van der Waals surface area contributed by atoms with Gasteiger partial charge in [0.05, 0.1) is 18.2 Å². The maximum absolute atomic E-state index is 12.3. The van der Waals surface area contributed by atoms with Crippen molar-refractivity contribution in [1.29, 1.82) is 0 Å². The average molecular weight is 343 g/mol. The van der Waals surface area contributed by atoms with Crippen LogP contribution >= 0.6 is 0 Å². The number of nitrogens with one attached hydrogen (secondary N) is 1. The molecule has 1 N–H and O–H groups in total. The van der Waals surface area contributed by atoms with E-state index in [4.69, 9.17) is 4.74 Å². The number of hydrogen-bond acceptors (Lipinski definition) is 4. The zero-order valence-corrected chi connectivity index (χ0v) is 15.7. The molecule has 5 nitrogen and oxygen atoms in total. The molecule has 0 radical (unpaired) electrons. The van der Waals surface area contributed by atoms with Crippen molar-refractivity contribution in [3.05, 3.63) is 30.1 Å². The Bertz CT molecular complexity index is 692. The molecule has 1 aliphatic carbocycles. The molecular formula is C20H29N3O2. The monoisotopic (exact) mass is 343 g/mol. The third-order valence-corrected chi connectivity index (χ3v) is 3.95. The molecule has 5 heteroatoms. The van der Waals surface area contributed by atoms with Crippen LogP contribution in [-0.2, 0) is 0 Å². The van der Waals surface area contributed by atoms with E-state index in [1.807, 2.05) is 6.07 Å². The maximum atomic E-state index is 12.3. The number of rotatable bonds is 3. The fourth-order valence-corrected chi connectivity index (χ4v) is 2.76. The van der Waals surface area contributed by atoms with Crippen LogP contribution in [-0.4, -0.2) is 29.0 Å². The maximum Gasteiger partial charge on any atom is 0.253 e. The molecular weight excluding hydrogens is 314 g/mol. The van der Waals surface area contributed by atoms with Gasteiger partial charge in [-0.3, -0.25) is 9.78 Å². The minimum Gasteiger partial charge on any atom is -0.481 e. The molecule has 1 saturated carbocycles. The summed E-state index contributed by atoms with van der Waals surface area (Å²) in [6.45, 7) is 6.50. The number of methoxy groups -OCH3 is 1. The molecule has 1 fully saturated rings. The van der Waals surface area contributed by atoms with Gasteiger partial charge in [-0.15, -0.1) is 0 Å². The molecule has 0 bridgehead atoms. The number of carbonyl (C=O) groups excluding carboxylic acids is 1. The van der Waals surface area contributed by atoms with Crippen molar-refractivity contribution in [2.45, 2.75) is 58.9 Å². The summed E-state index contributed by atoms with van der Waals surface area (Å²) in [7, 11) is 1.57. The van der Waals surface area contributed by atoms with E-state index < -0.39 is 0 Å². The highest BCUT2D eigenvalue weighted by Crippen LogP contribution is 2.19. The predicted molar refractivity (Wildman–Crippen MR) is 101 cm³/mol. The summed E-state index contributed by atoms with van der Waals surface area (Å²) < 4.78 is 5.07. The van der Waals surface area contributed by atoms with Crippen LogP contribution in [0.3, 0.4) is 0 Å². The van der Waals surface area contributed by atoms with E-state index >= 15 is 0 Å². The molecule has 0 saturated heterocycles. The Hall–Kier alpha value is -2.17. The molecule has 1 amide bonds. The Morgan fingerprint density at radius 1 is 1.12 bits per heavy atom. The first-order valence-corrected chi connectivity index (χ1v) is 9.10. The Morgan fingerprint density at radius 2 is 1.80 bits per heavy atom. The van der Waals surface area contributed by atoms with Gasteiger partial charge >= 0.3 is 0 Å². The highest BCUT2D eigenvalue weighted by Gasteiger charge is 2.17. The van der Waals surface area contributed by atoms with Crippen LogP contribution in [0.5, 0.6) is 5.88 Å². The summed E-state index contributed by atoms with van der Waals surface area (Å²) >= 11 is 0. The van der Waals surface area contributed by atoms with E-state index in [0.29, 0.717) is 17.5 Å². The zero-order valence-electron chi connectivity index (χ0n) is 15.7. The number of carbonyl (C=O) groups is 1. The molecule has 2 heterocycles. The fourth-order valence-electron chi connectivity index (χ4n) is 2.76.